The third-order valence-corrected chi connectivity index (χ3v) is 5.97. The van der Waals surface area contributed by atoms with Gasteiger partial charge in [-0.15, -0.1) is 11.3 Å². The van der Waals surface area contributed by atoms with E-state index in [1.54, 1.807) is 29.5 Å². The number of hydrogen-bond acceptors (Lipinski definition) is 4. The number of imidazole rings is 1. The number of anilines is 1. The van der Waals surface area contributed by atoms with Gasteiger partial charge in [0.2, 0.25) is 5.91 Å². The van der Waals surface area contributed by atoms with Crippen molar-refractivity contribution in [3.05, 3.63) is 86.5 Å². The molecule has 30 heavy (non-hydrogen) atoms. The van der Waals surface area contributed by atoms with Crippen molar-refractivity contribution in [1.29, 1.82) is 0 Å². The maximum Gasteiger partial charge on any atom is 0.323 e. The van der Waals surface area contributed by atoms with Crippen molar-refractivity contribution in [2.24, 2.45) is 0 Å². The molecule has 1 amide bonds. The van der Waals surface area contributed by atoms with E-state index < -0.39 is 0 Å². The van der Waals surface area contributed by atoms with Crippen LogP contribution in [0, 0.1) is 0 Å². The molecule has 2 aromatic carbocycles. The molecule has 2 aromatic heterocycles. The summed E-state index contributed by atoms with van der Waals surface area (Å²) in [4.78, 5) is 30.5. The number of nitrogens with one attached hydrogen (secondary N) is 4. The summed E-state index contributed by atoms with van der Waals surface area (Å²) in [6.45, 7) is 4.51. The van der Waals surface area contributed by atoms with Crippen LogP contribution in [0.5, 0.6) is 0 Å². The van der Waals surface area contributed by atoms with Gasteiger partial charge in [-0.05, 0) is 46.7 Å². The maximum atomic E-state index is 12.6. The van der Waals surface area contributed by atoms with Crippen molar-refractivity contribution in [1.82, 2.24) is 15.3 Å². The molecule has 0 bridgehead atoms. The molecule has 154 valence electrons. The number of carbonyl (C=O) groups excluding carboxylic acids is 1. The van der Waals surface area contributed by atoms with Crippen LogP contribution in [0.15, 0.2) is 64.8 Å². The van der Waals surface area contributed by atoms with Gasteiger partial charge in [-0.25, -0.2) is 4.79 Å². The normalized spacial score (nSPS) is 12.4. The molecule has 0 unspecified atom stereocenters. The van der Waals surface area contributed by atoms with Crippen molar-refractivity contribution in [2.45, 2.75) is 25.8 Å². The number of carbonyl (C=O) groups is 1. The summed E-state index contributed by atoms with van der Waals surface area (Å²) >= 11 is 1.66. The van der Waals surface area contributed by atoms with E-state index >= 15 is 0 Å². The molecule has 2 heterocycles. The summed E-state index contributed by atoms with van der Waals surface area (Å²) in [5, 5.41) is 8.31. The first-order valence-electron chi connectivity index (χ1n) is 9.88. The highest BCUT2D eigenvalue weighted by Crippen LogP contribution is 2.27. The Morgan fingerprint density at radius 3 is 2.43 bits per heavy atom. The monoisotopic (exact) mass is 420 g/mol. The average molecular weight is 421 g/mol. The van der Waals surface area contributed by atoms with E-state index in [0.29, 0.717) is 22.6 Å². The molecule has 4 aromatic rings. The molecule has 0 radical (unpaired) electrons. The van der Waals surface area contributed by atoms with E-state index in [1.807, 2.05) is 11.4 Å². The molecule has 0 fully saturated rings. The topological polar surface area (TPSA) is 89.8 Å². The van der Waals surface area contributed by atoms with Crippen LogP contribution in [0.4, 0.5) is 5.69 Å². The van der Waals surface area contributed by atoms with E-state index in [1.165, 1.54) is 5.56 Å². The van der Waals surface area contributed by atoms with Crippen LogP contribution in [0.3, 0.4) is 0 Å². The zero-order chi connectivity index (χ0) is 21.1. The third-order valence-electron chi connectivity index (χ3n) is 5.03. The van der Waals surface area contributed by atoms with Crippen molar-refractivity contribution in [2.75, 3.05) is 11.9 Å². The van der Waals surface area contributed by atoms with Crippen LogP contribution in [0.1, 0.15) is 41.8 Å². The number of rotatable bonds is 7. The van der Waals surface area contributed by atoms with Crippen LogP contribution in [0.25, 0.3) is 11.0 Å². The SMILES string of the molecule is CC(C)c1ccc([C@@H](NCC(=O)Nc2ccc3[nH]c(=O)[nH]c3c2)c2cccs2)cc1. The van der Waals surface area contributed by atoms with Crippen LogP contribution >= 0.6 is 11.3 Å². The number of fused-ring (bicyclic) bond motifs is 1. The second kappa shape index (κ2) is 8.69. The first-order valence-corrected chi connectivity index (χ1v) is 10.8. The summed E-state index contributed by atoms with van der Waals surface area (Å²) in [5.41, 5.74) is 4.16. The lowest BCUT2D eigenvalue weighted by Crippen LogP contribution is -2.31. The van der Waals surface area contributed by atoms with Crippen LogP contribution in [-0.2, 0) is 4.79 Å². The smallest absolute Gasteiger partial charge is 0.323 e. The predicted molar refractivity (Wildman–Crippen MR) is 122 cm³/mol. The summed E-state index contributed by atoms with van der Waals surface area (Å²) in [5.74, 6) is 0.331. The summed E-state index contributed by atoms with van der Waals surface area (Å²) in [7, 11) is 0. The fraction of sp³-hybridized carbons (Fsp3) is 0.217. The number of hydrogen-bond donors (Lipinski definition) is 4. The molecule has 0 saturated carbocycles. The number of amides is 1. The van der Waals surface area contributed by atoms with Gasteiger partial charge in [-0.1, -0.05) is 44.2 Å². The average Bonchev–Trinajstić information content (AvgIpc) is 3.37. The minimum atomic E-state index is -0.266. The minimum absolute atomic E-state index is 0.0551. The number of benzene rings is 2. The molecule has 4 rings (SSSR count). The molecule has 4 N–H and O–H groups in total. The van der Waals surface area contributed by atoms with Gasteiger partial charge in [-0.3, -0.25) is 10.1 Å². The summed E-state index contributed by atoms with van der Waals surface area (Å²) < 4.78 is 0. The van der Waals surface area contributed by atoms with Gasteiger partial charge in [0.15, 0.2) is 0 Å². The molecular weight excluding hydrogens is 396 g/mol. The highest BCUT2D eigenvalue weighted by atomic mass is 32.1. The number of H-pyrrole nitrogens is 2. The second-order valence-electron chi connectivity index (χ2n) is 7.54. The van der Waals surface area contributed by atoms with Gasteiger partial charge in [-0.2, -0.15) is 0 Å². The second-order valence-corrected chi connectivity index (χ2v) is 8.52. The largest absolute Gasteiger partial charge is 0.325 e. The summed E-state index contributed by atoms with van der Waals surface area (Å²) in [6.07, 6.45) is 0. The molecule has 1 atom stereocenters. The van der Waals surface area contributed by atoms with Crippen LogP contribution < -0.4 is 16.3 Å². The van der Waals surface area contributed by atoms with E-state index in [-0.39, 0.29) is 24.2 Å². The zero-order valence-corrected chi connectivity index (χ0v) is 17.7. The Labute approximate surface area is 178 Å². The maximum absolute atomic E-state index is 12.6. The van der Waals surface area contributed by atoms with Gasteiger partial charge in [0.25, 0.3) is 0 Å². The lowest BCUT2D eigenvalue weighted by atomic mass is 9.98. The van der Waals surface area contributed by atoms with Crippen LogP contribution in [0.2, 0.25) is 0 Å². The number of aromatic amines is 2. The molecule has 0 saturated heterocycles. The quantitative estimate of drug-likeness (QED) is 0.358. The lowest BCUT2D eigenvalue weighted by Gasteiger charge is -2.19. The van der Waals surface area contributed by atoms with E-state index in [9.17, 15) is 9.59 Å². The van der Waals surface area contributed by atoms with Gasteiger partial charge in [0.1, 0.15) is 0 Å². The fourth-order valence-corrected chi connectivity index (χ4v) is 4.25. The van der Waals surface area contributed by atoms with E-state index in [0.717, 1.165) is 10.4 Å². The fourth-order valence-electron chi connectivity index (χ4n) is 3.42. The van der Waals surface area contributed by atoms with Gasteiger partial charge >= 0.3 is 5.69 Å². The highest BCUT2D eigenvalue weighted by molar-refractivity contribution is 7.10. The number of thiophene rings is 1. The van der Waals surface area contributed by atoms with Crippen molar-refractivity contribution < 1.29 is 4.79 Å². The standard InChI is InChI=1S/C23H24N4O2S/c1-14(2)15-5-7-16(8-6-15)22(20-4-3-11-30-20)24-13-21(28)25-17-9-10-18-19(12-17)27-23(29)26-18/h3-12,14,22,24H,13H2,1-2H3,(H,25,28)(H2,26,27,29)/t22-/m1/s1. The zero-order valence-electron chi connectivity index (χ0n) is 16.9. The molecule has 6 nitrogen and oxygen atoms in total. The molecule has 0 spiro atoms. The van der Waals surface area contributed by atoms with Gasteiger partial charge in [0.05, 0.1) is 23.6 Å². The molecular formula is C23H24N4O2S. The Bertz CT molecular complexity index is 1190. The Morgan fingerprint density at radius 1 is 1.00 bits per heavy atom. The molecule has 7 heteroatoms. The Hall–Kier alpha value is -3.16. The first-order chi connectivity index (χ1) is 14.5. The predicted octanol–water partition coefficient (Wildman–Crippen LogP) is 4.36. The van der Waals surface area contributed by atoms with Gasteiger partial charge < -0.3 is 15.3 Å². The van der Waals surface area contributed by atoms with Gasteiger partial charge in [0, 0.05) is 10.6 Å². The van der Waals surface area contributed by atoms with E-state index in [2.05, 4.69) is 64.8 Å². The van der Waals surface area contributed by atoms with Crippen molar-refractivity contribution >= 4 is 34.0 Å². The van der Waals surface area contributed by atoms with E-state index in [4.69, 9.17) is 0 Å². The summed E-state index contributed by atoms with van der Waals surface area (Å²) in [6, 6.07) is 17.9. The molecule has 0 aliphatic rings. The Balaban J connectivity index is 1.46. The highest BCUT2D eigenvalue weighted by Gasteiger charge is 2.17. The first kappa shape index (κ1) is 20.1. The number of aromatic nitrogens is 2. The molecule has 0 aliphatic heterocycles. The minimum Gasteiger partial charge on any atom is -0.325 e. The Kier molecular flexibility index (Phi) is 5.83. The van der Waals surface area contributed by atoms with Crippen LogP contribution in [-0.4, -0.2) is 22.4 Å². The van der Waals surface area contributed by atoms with Crippen molar-refractivity contribution in [3.8, 4) is 0 Å². The molecule has 0 aliphatic carbocycles. The van der Waals surface area contributed by atoms with Crippen molar-refractivity contribution in [3.63, 3.8) is 0 Å². The third kappa shape index (κ3) is 4.53. The Morgan fingerprint density at radius 2 is 1.73 bits per heavy atom. The lowest BCUT2D eigenvalue weighted by molar-refractivity contribution is -0.115.